The number of ether oxygens (including phenoxy) is 1. The predicted octanol–water partition coefficient (Wildman–Crippen LogP) is 2.51. The van der Waals surface area contributed by atoms with Gasteiger partial charge in [0, 0.05) is 24.6 Å². The van der Waals surface area contributed by atoms with Gasteiger partial charge < -0.3 is 10.1 Å². The van der Waals surface area contributed by atoms with Crippen molar-refractivity contribution in [2.75, 3.05) is 37.1 Å². The maximum Gasteiger partial charge on any atom is 0.0484 e. The first-order chi connectivity index (χ1) is 7.33. The second-order valence-electron chi connectivity index (χ2n) is 4.00. The number of nitrogens with one attached hydrogen (secondary N) is 1. The van der Waals surface area contributed by atoms with Gasteiger partial charge in [0.05, 0.1) is 0 Å². The van der Waals surface area contributed by atoms with E-state index in [-0.39, 0.29) is 5.54 Å². The molecule has 1 aliphatic heterocycles. The topological polar surface area (TPSA) is 21.3 Å². The number of hydrogen-bond donors (Lipinski definition) is 1. The van der Waals surface area contributed by atoms with E-state index in [2.05, 4.69) is 12.2 Å². The van der Waals surface area contributed by atoms with Crippen LogP contribution in [0.4, 0.5) is 0 Å². The smallest absolute Gasteiger partial charge is 0.0484 e. The van der Waals surface area contributed by atoms with Gasteiger partial charge in [-0.3, -0.25) is 0 Å². The summed E-state index contributed by atoms with van der Waals surface area (Å²) in [6, 6.07) is 0. The van der Waals surface area contributed by atoms with Crippen molar-refractivity contribution in [1.82, 2.24) is 5.32 Å². The maximum absolute atomic E-state index is 6.05. The second kappa shape index (κ2) is 7.77. The Balaban J connectivity index is 2.15. The lowest BCUT2D eigenvalue weighted by Crippen LogP contribution is -2.51. The van der Waals surface area contributed by atoms with Crippen LogP contribution in [0, 0.1) is 0 Å². The third kappa shape index (κ3) is 4.94. The summed E-state index contributed by atoms with van der Waals surface area (Å²) in [6.45, 7) is 4.99. The molecule has 0 unspecified atom stereocenters. The molecule has 4 heteroatoms. The average Bonchev–Trinajstić information content (AvgIpc) is 2.30. The quantitative estimate of drug-likeness (QED) is 0.555. The molecule has 1 rings (SSSR count). The lowest BCUT2D eigenvalue weighted by Gasteiger charge is -2.36. The lowest BCUT2D eigenvalue weighted by molar-refractivity contribution is 0.0468. The van der Waals surface area contributed by atoms with Gasteiger partial charge in [-0.25, -0.2) is 0 Å². The number of thioether (sulfide) groups is 1. The van der Waals surface area contributed by atoms with Crippen LogP contribution in [0.15, 0.2) is 0 Å². The van der Waals surface area contributed by atoms with E-state index in [0.29, 0.717) is 5.88 Å². The van der Waals surface area contributed by atoms with E-state index in [1.165, 1.54) is 17.9 Å². The molecule has 0 bridgehead atoms. The highest BCUT2D eigenvalue weighted by atomic mass is 35.5. The van der Waals surface area contributed by atoms with E-state index in [0.717, 1.165) is 32.6 Å². The fourth-order valence-corrected chi connectivity index (χ4v) is 2.79. The number of rotatable bonds is 7. The minimum Gasteiger partial charge on any atom is -0.381 e. The van der Waals surface area contributed by atoms with E-state index >= 15 is 0 Å². The monoisotopic (exact) mass is 251 g/mol. The van der Waals surface area contributed by atoms with Crippen molar-refractivity contribution < 1.29 is 4.74 Å². The molecule has 0 atom stereocenters. The van der Waals surface area contributed by atoms with Crippen molar-refractivity contribution in [1.29, 1.82) is 0 Å². The van der Waals surface area contributed by atoms with Crippen LogP contribution in [0.5, 0.6) is 0 Å². The Hall–Kier alpha value is 0.560. The zero-order chi connectivity index (χ0) is 11.0. The summed E-state index contributed by atoms with van der Waals surface area (Å²) in [5.74, 6) is 3.17. The second-order valence-corrected chi connectivity index (χ2v) is 5.66. The van der Waals surface area contributed by atoms with Crippen LogP contribution in [-0.4, -0.2) is 42.7 Å². The normalized spacial score (nSPS) is 20.4. The Morgan fingerprint density at radius 2 is 2.13 bits per heavy atom. The average molecular weight is 252 g/mol. The molecule has 15 heavy (non-hydrogen) atoms. The minimum absolute atomic E-state index is 0.149. The SMILES string of the molecule is CCSCCCNC1(CCl)CCOCC1. The summed E-state index contributed by atoms with van der Waals surface area (Å²) in [5.41, 5.74) is 0.149. The molecule has 0 aromatic carbocycles. The van der Waals surface area contributed by atoms with Gasteiger partial charge in [0.15, 0.2) is 0 Å². The summed E-state index contributed by atoms with van der Waals surface area (Å²) in [6.07, 6.45) is 3.34. The minimum atomic E-state index is 0.149. The Morgan fingerprint density at radius 3 is 2.73 bits per heavy atom. The van der Waals surface area contributed by atoms with Crippen LogP contribution in [0.3, 0.4) is 0 Å². The molecule has 0 amide bonds. The predicted molar refractivity (Wildman–Crippen MR) is 69.1 cm³/mol. The summed E-state index contributed by atoms with van der Waals surface area (Å²) in [5, 5.41) is 3.62. The Bertz CT molecular complexity index is 163. The van der Waals surface area contributed by atoms with Gasteiger partial charge in [0.2, 0.25) is 0 Å². The highest BCUT2D eigenvalue weighted by Gasteiger charge is 2.30. The van der Waals surface area contributed by atoms with Crippen LogP contribution >= 0.6 is 23.4 Å². The van der Waals surface area contributed by atoms with Gasteiger partial charge in [0.1, 0.15) is 0 Å². The third-order valence-corrected chi connectivity index (χ3v) is 4.37. The number of hydrogen-bond acceptors (Lipinski definition) is 3. The molecule has 1 heterocycles. The molecule has 90 valence electrons. The van der Waals surface area contributed by atoms with E-state index < -0.39 is 0 Å². The maximum atomic E-state index is 6.05. The van der Waals surface area contributed by atoms with Crippen LogP contribution in [-0.2, 0) is 4.74 Å². The molecule has 0 radical (unpaired) electrons. The van der Waals surface area contributed by atoms with Crippen molar-refractivity contribution in [2.24, 2.45) is 0 Å². The van der Waals surface area contributed by atoms with Gasteiger partial charge >= 0.3 is 0 Å². The lowest BCUT2D eigenvalue weighted by atomic mass is 9.92. The fraction of sp³-hybridized carbons (Fsp3) is 1.00. The Morgan fingerprint density at radius 1 is 1.40 bits per heavy atom. The highest BCUT2D eigenvalue weighted by molar-refractivity contribution is 7.99. The molecular formula is C11H22ClNOS. The van der Waals surface area contributed by atoms with E-state index in [1.54, 1.807) is 0 Å². The van der Waals surface area contributed by atoms with Crippen LogP contribution in [0.25, 0.3) is 0 Å². The van der Waals surface area contributed by atoms with E-state index in [1.807, 2.05) is 11.8 Å². The van der Waals surface area contributed by atoms with Crippen molar-refractivity contribution >= 4 is 23.4 Å². The van der Waals surface area contributed by atoms with Crippen LogP contribution in [0.2, 0.25) is 0 Å². The van der Waals surface area contributed by atoms with Gasteiger partial charge in [-0.15, -0.1) is 11.6 Å². The first-order valence-electron chi connectivity index (χ1n) is 5.79. The molecule has 0 aliphatic carbocycles. The van der Waals surface area contributed by atoms with Gasteiger partial charge in [-0.1, -0.05) is 6.92 Å². The molecule has 1 aliphatic rings. The van der Waals surface area contributed by atoms with Crippen molar-refractivity contribution in [2.45, 2.75) is 31.7 Å². The van der Waals surface area contributed by atoms with E-state index in [4.69, 9.17) is 16.3 Å². The zero-order valence-electron chi connectivity index (χ0n) is 9.56. The molecule has 0 saturated carbocycles. The third-order valence-electron chi connectivity index (χ3n) is 2.88. The van der Waals surface area contributed by atoms with Crippen LogP contribution < -0.4 is 5.32 Å². The summed E-state index contributed by atoms with van der Waals surface area (Å²) >= 11 is 8.06. The van der Waals surface area contributed by atoms with Crippen molar-refractivity contribution in [3.05, 3.63) is 0 Å². The van der Waals surface area contributed by atoms with Gasteiger partial charge in [-0.2, -0.15) is 11.8 Å². The highest BCUT2D eigenvalue weighted by Crippen LogP contribution is 2.22. The fourth-order valence-electron chi connectivity index (χ4n) is 1.79. The molecule has 1 N–H and O–H groups in total. The van der Waals surface area contributed by atoms with Crippen LogP contribution in [0.1, 0.15) is 26.2 Å². The number of halogens is 1. The first kappa shape index (κ1) is 13.6. The van der Waals surface area contributed by atoms with E-state index in [9.17, 15) is 0 Å². The summed E-state index contributed by atoms with van der Waals surface area (Å²) in [7, 11) is 0. The number of alkyl halides is 1. The van der Waals surface area contributed by atoms with Gasteiger partial charge in [0.25, 0.3) is 0 Å². The summed E-state index contributed by atoms with van der Waals surface area (Å²) in [4.78, 5) is 0. The molecule has 2 nitrogen and oxygen atoms in total. The molecule has 1 fully saturated rings. The first-order valence-corrected chi connectivity index (χ1v) is 7.48. The molecule has 0 aromatic heterocycles. The molecule has 0 aromatic rings. The van der Waals surface area contributed by atoms with Gasteiger partial charge in [-0.05, 0) is 37.3 Å². The summed E-state index contributed by atoms with van der Waals surface area (Å²) < 4.78 is 5.37. The molecule has 1 saturated heterocycles. The van der Waals surface area contributed by atoms with Crippen molar-refractivity contribution in [3.8, 4) is 0 Å². The largest absolute Gasteiger partial charge is 0.381 e. The molecular weight excluding hydrogens is 230 g/mol. The Kier molecular flexibility index (Phi) is 7.06. The standard InChI is InChI=1S/C11H22ClNOS/c1-2-15-9-3-6-13-11(10-12)4-7-14-8-5-11/h13H,2-10H2,1H3. The Labute approximate surface area is 102 Å². The van der Waals surface area contributed by atoms with Crippen molar-refractivity contribution in [3.63, 3.8) is 0 Å². The zero-order valence-corrected chi connectivity index (χ0v) is 11.1. The molecule has 0 spiro atoms.